The van der Waals surface area contributed by atoms with E-state index in [9.17, 15) is 13.2 Å². The number of carbonyl (C=O) groups is 1. The molecule has 0 spiro atoms. The second-order valence-corrected chi connectivity index (χ2v) is 8.80. The van der Waals surface area contributed by atoms with Gasteiger partial charge in [-0.15, -0.1) is 0 Å². The van der Waals surface area contributed by atoms with Gasteiger partial charge >= 0.3 is 0 Å². The molecule has 2 N–H and O–H groups in total. The van der Waals surface area contributed by atoms with E-state index in [1.54, 1.807) is 12.1 Å². The fraction of sp³-hybridized carbons (Fsp3) is 0.611. The summed E-state index contributed by atoms with van der Waals surface area (Å²) in [6, 6.07) is 7.02. The van der Waals surface area contributed by atoms with Gasteiger partial charge in [0.25, 0.3) is 0 Å². The maximum atomic E-state index is 12.5. The second kappa shape index (κ2) is 8.37. The maximum Gasteiger partial charge on any atom is 0.242 e. The first kappa shape index (κ1) is 19.1. The quantitative estimate of drug-likeness (QED) is 0.757. The number of anilines is 1. The average molecular weight is 381 g/mol. The van der Waals surface area contributed by atoms with Gasteiger partial charge < -0.3 is 15.1 Å². The van der Waals surface area contributed by atoms with E-state index in [0.717, 1.165) is 25.9 Å². The minimum Gasteiger partial charge on any atom is -0.367 e. The van der Waals surface area contributed by atoms with Gasteiger partial charge in [-0.3, -0.25) is 4.79 Å². The Balaban J connectivity index is 1.58. The minimum absolute atomic E-state index is 0.215. The Kier molecular flexibility index (Phi) is 6.16. The van der Waals surface area contributed by atoms with Crippen LogP contribution in [0.15, 0.2) is 29.2 Å². The van der Waals surface area contributed by atoms with Crippen molar-refractivity contribution in [3.63, 3.8) is 0 Å². The molecule has 2 heterocycles. The lowest BCUT2D eigenvalue weighted by molar-refractivity contribution is -0.131. The van der Waals surface area contributed by atoms with Crippen molar-refractivity contribution < 1.29 is 13.2 Å². The molecule has 8 heteroatoms. The van der Waals surface area contributed by atoms with Crippen molar-refractivity contribution in [3.05, 3.63) is 24.3 Å². The van der Waals surface area contributed by atoms with Gasteiger partial charge in [0.05, 0.1) is 5.69 Å². The molecule has 7 nitrogen and oxygen atoms in total. The summed E-state index contributed by atoms with van der Waals surface area (Å²) in [5.41, 5.74) is 0.700. The lowest BCUT2D eigenvalue weighted by atomic mass is 10.0. The smallest absolute Gasteiger partial charge is 0.242 e. The number of carbonyl (C=O) groups excluding carboxylic acids is 1. The zero-order chi connectivity index (χ0) is 18.6. The van der Waals surface area contributed by atoms with E-state index in [4.69, 9.17) is 0 Å². The molecule has 0 aromatic heterocycles. The third kappa shape index (κ3) is 4.36. The normalized spacial score (nSPS) is 21.2. The first-order chi connectivity index (χ1) is 12.5. The number of nitrogens with one attached hydrogen (secondary N) is 2. The van der Waals surface area contributed by atoms with Crippen LogP contribution in [0, 0.1) is 5.92 Å². The van der Waals surface area contributed by atoms with Crippen LogP contribution < -0.4 is 14.9 Å². The van der Waals surface area contributed by atoms with Crippen LogP contribution in [-0.4, -0.2) is 65.5 Å². The van der Waals surface area contributed by atoms with Crippen LogP contribution in [0.1, 0.15) is 19.3 Å². The molecule has 26 heavy (non-hydrogen) atoms. The highest BCUT2D eigenvalue weighted by molar-refractivity contribution is 7.89. The molecule has 1 aromatic carbocycles. The van der Waals surface area contributed by atoms with Gasteiger partial charge in [-0.2, -0.15) is 0 Å². The molecule has 2 aliphatic heterocycles. The molecule has 3 rings (SSSR count). The number of benzene rings is 1. The van der Waals surface area contributed by atoms with Gasteiger partial charge in [-0.25, -0.2) is 13.1 Å². The van der Waals surface area contributed by atoms with Crippen molar-refractivity contribution in [2.45, 2.75) is 24.2 Å². The van der Waals surface area contributed by atoms with E-state index < -0.39 is 10.0 Å². The molecule has 1 amide bonds. The summed E-state index contributed by atoms with van der Waals surface area (Å²) in [6.07, 6.45) is 2.73. The highest BCUT2D eigenvalue weighted by Crippen LogP contribution is 2.26. The Labute approximate surface area is 155 Å². The summed E-state index contributed by atoms with van der Waals surface area (Å²) >= 11 is 0. The van der Waals surface area contributed by atoms with E-state index in [1.807, 2.05) is 17.0 Å². The van der Waals surface area contributed by atoms with E-state index in [0.29, 0.717) is 44.2 Å². The number of piperazine rings is 1. The molecule has 2 saturated heterocycles. The van der Waals surface area contributed by atoms with E-state index >= 15 is 0 Å². The zero-order valence-electron chi connectivity index (χ0n) is 15.3. The summed E-state index contributed by atoms with van der Waals surface area (Å²) in [7, 11) is -2.09. The van der Waals surface area contributed by atoms with Crippen molar-refractivity contribution in [2.75, 3.05) is 51.2 Å². The van der Waals surface area contributed by atoms with Crippen molar-refractivity contribution >= 4 is 21.6 Å². The summed E-state index contributed by atoms with van der Waals surface area (Å²) in [4.78, 5) is 16.7. The zero-order valence-corrected chi connectivity index (χ0v) is 16.1. The summed E-state index contributed by atoms with van der Waals surface area (Å²) in [6.45, 7) is 4.65. The third-order valence-corrected chi connectivity index (χ3v) is 6.79. The highest BCUT2D eigenvalue weighted by atomic mass is 32.2. The van der Waals surface area contributed by atoms with Crippen LogP contribution >= 0.6 is 0 Å². The molecule has 2 fully saturated rings. The molecule has 2 aliphatic rings. The van der Waals surface area contributed by atoms with Crippen LogP contribution in [0.3, 0.4) is 0 Å². The molecular weight excluding hydrogens is 352 g/mol. The lowest BCUT2D eigenvalue weighted by Gasteiger charge is -2.37. The van der Waals surface area contributed by atoms with Crippen molar-refractivity contribution in [3.8, 4) is 0 Å². The van der Waals surface area contributed by atoms with E-state index in [1.165, 1.54) is 7.05 Å². The monoisotopic (exact) mass is 380 g/mol. The van der Waals surface area contributed by atoms with Crippen LogP contribution in [0.4, 0.5) is 5.69 Å². The Morgan fingerprint density at radius 3 is 2.62 bits per heavy atom. The fourth-order valence-corrected chi connectivity index (χ4v) is 4.65. The molecule has 0 aliphatic carbocycles. The summed E-state index contributed by atoms with van der Waals surface area (Å²) in [5.74, 6) is 0.839. The summed E-state index contributed by atoms with van der Waals surface area (Å²) < 4.78 is 26.9. The molecular formula is C18H28N4O3S. The van der Waals surface area contributed by atoms with Crippen LogP contribution in [0.25, 0.3) is 0 Å². The standard InChI is InChI=1S/C18H28N4O3S/c1-19-26(24,25)17-5-3-2-4-16(17)21-10-12-22(13-11-21)18(23)7-6-15-8-9-20-14-15/h2-5,15,19-20H,6-14H2,1H3. The first-order valence-corrected chi connectivity index (χ1v) is 10.8. The van der Waals surface area contributed by atoms with E-state index in [-0.39, 0.29) is 10.8 Å². The van der Waals surface area contributed by atoms with E-state index in [2.05, 4.69) is 14.9 Å². The number of amides is 1. The molecule has 1 unspecified atom stereocenters. The largest absolute Gasteiger partial charge is 0.367 e. The Bertz CT molecular complexity index is 724. The Morgan fingerprint density at radius 2 is 1.96 bits per heavy atom. The second-order valence-electron chi connectivity index (χ2n) is 6.94. The number of rotatable bonds is 6. The molecule has 144 valence electrons. The number of para-hydroxylation sites is 1. The number of nitrogens with zero attached hydrogens (tertiary/aromatic N) is 2. The lowest BCUT2D eigenvalue weighted by Crippen LogP contribution is -2.49. The molecule has 1 aromatic rings. The van der Waals surface area contributed by atoms with Crippen LogP contribution in [0.2, 0.25) is 0 Å². The van der Waals surface area contributed by atoms with Gasteiger partial charge in [-0.1, -0.05) is 12.1 Å². The summed E-state index contributed by atoms with van der Waals surface area (Å²) in [5, 5.41) is 3.34. The first-order valence-electron chi connectivity index (χ1n) is 9.27. The maximum absolute atomic E-state index is 12.5. The third-order valence-electron chi connectivity index (χ3n) is 5.33. The van der Waals surface area contributed by atoms with Gasteiger partial charge in [-0.05, 0) is 51.0 Å². The average Bonchev–Trinajstić information content (AvgIpc) is 3.20. The molecule has 0 saturated carbocycles. The molecule has 1 atom stereocenters. The Morgan fingerprint density at radius 1 is 1.23 bits per heavy atom. The van der Waals surface area contributed by atoms with Gasteiger partial charge in [0.2, 0.25) is 15.9 Å². The SMILES string of the molecule is CNS(=O)(=O)c1ccccc1N1CCN(C(=O)CCC2CCNC2)CC1. The van der Waals surface area contributed by atoms with Crippen LogP contribution in [0.5, 0.6) is 0 Å². The Hall–Kier alpha value is -1.64. The molecule has 0 radical (unpaired) electrons. The topological polar surface area (TPSA) is 81.8 Å². The van der Waals surface area contributed by atoms with Crippen molar-refractivity contribution in [1.82, 2.24) is 14.9 Å². The predicted molar refractivity (Wildman–Crippen MR) is 102 cm³/mol. The fourth-order valence-electron chi connectivity index (χ4n) is 3.70. The number of hydrogen-bond donors (Lipinski definition) is 2. The van der Waals surface area contributed by atoms with Gasteiger partial charge in [0.1, 0.15) is 4.90 Å². The predicted octanol–water partition coefficient (Wildman–Crippen LogP) is 0.633. The number of hydrogen-bond acceptors (Lipinski definition) is 5. The van der Waals surface area contributed by atoms with Gasteiger partial charge in [0, 0.05) is 32.6 Å². The van der Waals surface area contributed by atoms with Gasteiger partial charge in [0.15, 0.2) is 0 Å². The van der Waals surface area contributed by atoms with Crippen LogP contribution in [-0.2, 0) is 14.8 Å². The number of sulfonamides is 1. The molecule has 0 bridgehead atoms. The minimum atomic E-state index is -3.50. The highest BCUT2D eigenvalue weighted by Gasteiger charge is 2.26. The van der Waals surface area contributed by atoms with Crippen molar-refractivity contribution in [1.29, 1.82) is 0 Å². The van der Waals surface area contributed by atoms with Crippen molar-refractivity contribution in [2.24, 2.45) is 5.92 Å².